The normalized spacial score (nSPS) is 35.5. The highest BCUT2D eigenvalue weighted by atomic mass is 31.3. The summed E-state index contributed by atoms with van der Waals surface area (Å²) < 4.78 is 69.0. The van der Waals surface area contributed by atoms with E-state index in [9.17, 15) is 21.0 Å². The van der Waals surface area contributed by atoms with Gasteiger partial charge < -0.3 is 0 Å². The van der Waals surface area contributed by atoms with Crippen molar-refractivity contribution in [2.45, 2.75) is 0 Å². The SMILES string of the molecule is CNP1(F)=NP(F)(F)=NP(F)(F)=N1. The third-order valence-corrected chi connectivity index (χ3v) is 6.86. The molecule has 1 N–H and O–H groups in total. The molecule has 0 radical (unpaired) electrons. The van der Waals surface area contributed by atoms with Crippen molar-refractivity contribution < 1.29 is 21.0 Å². The highest BCUT2D eigenvalue weighted by Crippen LogP contribution is 2.80. The summed E-state index contributed by atoms with van der Waals surface area (Å²) in [4.78, 5) is 0. The van der Waals surface area contributed by atoms with Gasteiger partial charge in [0.2, 0.25) is 0 Å². The van der Waals surface area contributed by atoms with Crippen molar-refractivity contribution >= 4 is 23.3 Å². The number of nitrogens with one attached hydrogen (secondary N) is 1. The standard InChI is InChI=1S/CH4F5N4P3/c1-7-13(6)9-11(2,3)8-12(4,5)10-13/h7H,1H3. The Morgan fingerprint density at radius 1 is 0.846 bits per heavy atom. The minimum atomic E-state index is -5.53. The first-order valence-corrected chi connectivity index (χ1v) is 7.31. The van der Waals surface area contributed by atoms with Crippen LogP contribution in [-0.2, 0) is 0 Å². The summed E-state index contributed by atoms with van der Waals surface area (Å²) in [6.07, 6.45) is 0. The van der Waals surface area contributed by atoms with Gasteiger partial charge in [-0.05, 0) is 7.05 Å². The van der Waals surface area contributed by atoms with Crippen LogP contribution >= 0.6 is 23.3 Å². The number of hydrogen-bond acceptors (Lipinski definition) is 4. The summed E-state index contributed by atoms with van der Waals surface area (Å²) in [5.41, 5.74) is 0. The number of nitrogens with zero attached hydrogens (tertiary/aromatic N) is 3. The van der Waals surface area contributed by atoms with E-state index in [0.717, 1.165) is 7.05 Å². The van der Waals surface area contributed by atoms with Crippen molar-refractivity contribution in [1.29, 1.82) is 0 Å². The average molecular weight is 260 g/mol. The van der Waals surface area contributed by atoms with Crippen LogP contribution in [0.15, 0.2) is 13.5 Å². The summed E-state index contributed by atoms with van der Waals surface area (Å²) >= 11 is 0. The van der Waals surface area contributed by atoms with E-state index in [1.54, 1.807) is 5.09 Å². The molecule has 0 aromatic carbocycles. The molecule has 0 fully saturated rings. The molecule has 1 rings (SSSR count). The lowest BCUT2D eigenvalue weighted by Crippen LogP contribution is -1.96. The van der Waals surface area contributed by atoms with Gasteiger partial charge in [0.15, 0.2) is 0 Å². The molecule has 0 aromatic heterocycles. The van der Waals surface area contributed by atoms with Gasteiger partial charge in [0.05, 0.1) is 0 Å². The molecule has 12 heteroatoms. The maximum atomic E-state index is 13.0. The van der Waals surface area contributed by atoms with E-state index in [-0.39, 0.29) is 0 Å². The van der Waals surface area contributed by atoms with Crippen LogP contribution in [0.1, 0.15) is 0 Å². The molecule has 78 valence electrons. The Labute approximate surface area is 70.9 Å². The van der Waals surface area contributed by atoms with E-state index in [2.05, 4.69) is 9.03 Å². The summed E-state index contributed by atoms with van der Waals surface area (Å²) in [5, 5.41) is 1.64. The number of hydrogen-bond donors (Lipinski definition) is 1. The van der Waals surface area contributed by atoms with E-state index in [4.69, 9.17) is 0 Å². The predicted octanol–water partition coefficient (Wildman–Crippen LogP) is 4.91. The Hall–Kier alpha value is 0.300. The van der Waals surface area contributed by atoms with Crippen LogP contribution < -0.4 is 5.09 Å². The molecule has 1 aliphatic rings. The fourth-order valence-corrected chi connectivity index (χ4v) is 5.99. The first-order valence-electron chi connectivity index (χ1n) is 2.77. The summed E-state index contributed by atoms with van der Waals surface area (Å²) in [7, 11) is -14.7. The van der Waals surface area contributed by atoms with Gasteiger partial charge in [0, 0.05) is 0 Å². The third kappa shape index (κ3) is 2.88. The van der Waals surface area contributed by atoms with E-state index in [1.165, 1.54) is 0 Å². The Morgan fingerprint density at radius 2 is 1.31 bits per heavy atom. The van der Waals surface area contributed by atoms with Crippen LogP contribution in [0.4, 0.5) is 21.0 Å². The van der Waals surface area contributed by atoms with E-state index < -0.39 is 23.3 Å². The number of rotatable bonds is 1. The van der Waals surface area contributed by atoms with Gasteiger partial charge in [-0.2, -0.15) is 4.20 Å². The molecule has 4 nitrogen and oxygen atoms in total. The van der Waals surface area contributed by atoms with Crippen LogP contribution in [0.5, 0.6) is 0 Å². The smallest absolute Gasteiger partial charge is 0.243 e. The van der Waals surface area contributed by atoms with E-state index in [1.807, 2.05) is 4.52 Å². The largest absolute Gasteiger partial charge is 0.424 e. The van der Waals surface area contributed by atoms with Crippen LogP contribution in [0.25, 0.3) is 0 Å². The second-order valence-corrected chi connectivity index (χ2v) is 7.40. The molecule has 0 spiro atoms. The summed E-state index contributed by atoms with van der Waals surface area (Å²) in [6.45, 7) is 0. The van der Waals surface area contributed by atoms with Crippen molar-refractivity contribution in [3.63, 3.8) is 0 Å². The minimum Gasteiger partial charge on any atom is -0.243 e. The topological polar surface area (TPSA) is 49.1 Å². The van der Waals surface area contributed by atoms with E-state index in [0.29, 0.717) is 0 Å². The maximum absolute atomic E-state index is 13.0. The monoisotopic (exact) mass is 260 g/mol. The van der Waals surface area contributed by atoms with Crippen LogP contribution in [0.3, 0.4) is 0 Å². The van der Waals surface area contributed by atoms with Crippen molar-refractivity contribution in [3.8, 4) is 0 Å². The Balaban J connectivity index is 3.44. The van der Waals surface area contributed by atoms with Gasteiger partial charge >= 0.3 is 23.3 Å². The Morgan fingerprint density at radius 3 is 1.69 bits per heavy atom. The second-order valence-electron chi connectivity index (χ2n) is 1.93. The lowest BCUT2D eigenvalue weighted by atomic mass is 11.6. The molecule has 0 saturated carbocycles. The molecule has 0 bridgehead atoms. The first-order chi connectivity index (χ1) is 5.68. The van der Waals surface area contributed by atoms with Gasteiger partial charge in [0.25, 0.3) is 0 Å². The summed E-state index contributed by atoms with van der Waals surface area (Å²) in [5.74, 6) is 0. The predicted molar refractivity (Wildman–Crippen MR) is 42.6 cm³/mol. The van der Waals surface area contributed by atoms with Crippen LogP contribution in [-0.4, -0.2) is 7.05 Å². The molecule has 0 amide bonds. The molecule has 0 aromatic rings. The molecule has 1 unspecified atom stereocenters. The maximum Gasteiger partial charge on any atom is 0.424 e. The first kappa shape index (κ1) is 11.4. The molecule has 0 saturated heterocycles. The zero-order chi connectivity index (χ0) is 10.3. The van der Waals surface area contributed by atoms with Crippen molar-refractivity contribution in [3.05, 3.63) is 0 Å². The van der Waals surface area contributed by atoms with Crippen molar-refractivity contribution in [2.75, 3.05) is 7.05 Å². The fraction of sp³-hybridized carbons (Fsp3) is 1.00. The van der Waals surface area contributed by atoms with Crippen LogP contribution in [0, 0.1) is 0 Å². The van der Waals surface area contributed by atoms with Gasteiger partial charge in [-0.1, -0.05) is 0 Å². The third-order valence-electron chi connectivity index (χ3n) is 0.952. The van der Waals surface area contributed by atoms with Crippen molar-refractivity contribution in [2.24, 2.45) is 13.5 Å². The van der Waals surface area contributed by atoms with Gasteiger partial charge in [-0.25, -0.2) is 5.09 Å². The zero-order valence-electron chi connectivity index (χ0n) is 6.07. The zero-order valence-corrected chi connectivity index (χ0v) is 8.76. The van der Waals surface area contributed by atoms with Crippen LogP contribution in [0.2, 0.25) is 0 Å². The highest BCUT2D eigenvalue weighted by Gasteiger charge is 2.38. The van der Waals surface area contributed by atoms with Gasteiger partial charge in [-0.15, -0.1) is 30.3 Å². The highest BCUT2D eigenvalue weighted by molar-refractivity contribution is 7.78. The molecule has 13 heavy (non-hydrogen) atoms. The van der Waals surface area contributed by atoms with Gasteiger partial charge in [-0.3, -0.25) is 0 Å². The lowest BCUT2D eigenvalue weighted by molar-refractivity contribution is 0.695. The van der Waals surface area contributed by atoms with Gasteiger partial charge in [0.1, 0.15) is 0 Å². The molecular weight excluding hydrogens is 256 g/mol. The Kier molecular flexibility index (Phi) is 2.76. The Bertz CT molecular complexity index is 366. The molecular formula is CH4F5N4P3. The second kappa shape index (κ2) is 3.16. The lowest BCUT2D eigenvalue weighted by Gasteiger charge is -2.15. The molecule has 1 heterocycles. The van der Waals surface area contributed by atoms with E-state index >= 15 is 0 Å². The fourth-order valence-electron chi connectivity index (χ4n) is 0.558. The molecule has 1 aliphatic heterocycles. The minimum absolute atomic E-state index is 0.909. The average Bonchev–Trinajstić information content (AvgIpc) is 1.79. The molecule has 1 atom stereocenters. The van der Waals surface area contributed by atoms with Crippen molar-refractivity contribution in [1.82, 2.24) is 5.09 Å². The number of halogens is 5. The quantitative estimate of drug-likeness (QED) is 0.528. The summed E-state index contributed by atoms with van der Waals surface area (Å²) in [6, 6.07) is 0. The molecule has 0 aliphatic carbocycles.